The Balaban J connectivity index is 2.20. The molecule has 2 aromatic carbocycles. The SMILES string of the molecule is COc1ccc(C)cc1NC(=O)c1ccc(NN)cc1. The van der Waals surface area contributed by atoms with Crippen molar-refractivity contribution in [2.45, 2.75) is 6.92 Å². The number of carbonyl (C=O) groups is 1. The highest BCUT2D eigenvalue weighted by atomic mass is 16.5. The first-order valence-electron chi connectivity index (χ1n) is 6.16. The number of hydrogen-bond donors (Lipinski definition) is 3. The van der Waals surface area contributed by atoms with Gasteiger partial charge in [-0.2, -0.15) is 0 Å². The minimum absolute atomic E-state index is 0.197. The van der Waals surface area contributed by atoms with E-state index in [1.165, 1.54) is 0 Å². The van der Waals surface area contributed by atoms with Gasteiger partial charge in [-0.05, 0) is 48.9 Å². The van der Waals surface area contributed by atoms with Crippen molar-refractivity contribution >= 4 is 17.3 Å². The van der Waals surface area contributed by atoms with Crippen molar-refractivity contribution in [1.29, 1.82) is 0 Å². The molecule has 0 heterocycles. The molecule has 5 heteroatoms. The second-order valence-electron chi connectivity index (χ2n) is 4.38. The Hall–Kier alpha value is -2.53. The van der Waals surface area contributed by atoms with Crippen LogP contribution in [0.15, 0.2) is 42.5 Å². The highest BCUT2D eigenvalue weighted by Gasteiger charge is 2.09. The molecule has 2 rings (SSSR count). The van der Waals surface area contributed by atoms with E-state index in [1.807, 2.05) is 25.1 Å². The lowest BCUT2D eigenvalue weighted by Crippen LogP contribution is -2.13. The fourth-order valence-electron chi connectivity index (χ4n) is 1.83. The average molecular weight is 271 g/mol. The molecular weight excluding hydrogens is 254 g/mol. The molecule has 0 spiro atoms. The summed E-state index contributed by atoms with van der Waals surface area (Å²) in [7, 11) is 1.57. The van der Waals surface area contributed by atoms with E-state index in [0.29, 0.717) is 17.0 Å². The Kier molecular flexibility index (Phi) is 4.22. The number of anilines is 2. The largest absolute Gasteiger partial charge is 0.495 e. The first-order chi connectivity index (χ1) is 9.63. The van der Waals surface area contributed by atoms with Crippen LogP contribution < -0.4 is 21.3 Å². The van der Waals surface area contributed by atoms with Crippen molar-refractivity contribution in [3.05, 3.63) is 53.6 Å². The number of carbonyl (C=O) groups excluding carboxylic acids is 1. The molecule has 0 saturated heterocycles. The summed E-state index contributed by atoms with van der Waals surface area (Å²) in [6.07, 6.45) is 0. The molecule has 104 valence electrons. The average Bonchev–Trinajstić information content (AvgIpc) is 2.47. The van der Waals surface area contributed by atoms with Gasteiger partial charge in [-0.1, -0.05) is 6.07 Å². The van der Waals surface area contributed by atoms with Gasteiger partial charge in [0.2, 0.25) is 0 Å². The summed E-state index contributed by atoms with van der Waals surface area (Å²) in [5.74, 6) is 5.72. The van der Waals surface area contributed by atoms with E-state index in [0.717, 1.165) is 11.3 Å². The van der Waals surface area contributed by atoms with Gasteiger partial charge in [-0.3, -0.25) is 10.6 Å². The van der Waals surface area contributed by atoms with E-state index in [1.54, 1.807) is 31.4 Å². The predicted molar refractivity (Wildman–Crippen MR) is 79.9 cm³/mol. The molecule has 0 unspecified atom stereocenters. The molecule has 0 aliphatic carbocycles. The zero-order valence-corrected chi connectivity index (χ0v) is 11.4. The number of amides is 1. The summed E-state index contributed by atoms with van der Waals surface area (Å²) >= 11 is 0. The standard InChI is InChI=1S/C15H17N3O2/c1-10-3-8-14(20-2)13(9-10)17-15(19)11-4-6-12(18-16)7-5-11/h3-9,18H,16H2,1-2H3,(H,17,19). The molecular formula is C15H17N3O2. The lowest BCUT2D eigenvalue weighted by Gasteiger charge is -2.11. The number of benzene rings is 2. The van der Waals surface area contributed by atoms with Gasteiger partial charge in [-0.25, -0.2) is 0 Å². The molecule has 1 amide bonds. The number of hydrogen-bond acceptors (Lipinski definition) is 4. The van der Waals surface area contributed by atoms with Crippen LogP contribution in [-0.4, -0.2) is 13.0 Å². The van der Waals surface area contributed by atoms with Crippen LogP contribution in [0.3, 0.4) is 0 Å². The molecule has 0 bridgehead atoms. The lowest BCUT2D eigenvalue weighted by atomic mass is 10.1. The Labute approximate surface area is 117 Å². The van der Waals surface area contributed by atoms with E-state index >= 15 is 0 Å². The molecule has 0 fully saturated rings. The van der Waals surface area contributed by atoms with Crippen LogP contribution in [0.25, 0.3) is 0 Å². The molecule has 0 aliphatic rings. The normalized spacial score (nSPS) is 9.95. The van der Waals surface area contributed by atoms with Crippen LogP contribution in [0.1, 0.15) is 15.9 Å². The third-order valence-electron chi connectivity index (χ3n) is 2.92. The van der Waals surface area contributed by atoms with Gasteiger partial charge in [0.05, 0.1) is 12.8 Å². The van der Waals surface area contributed by atoms with Gasteiger partial charge < -0.3 is 15.5 Å². The number of hydrazine groups is 1. The van der Waals surface area contributed by atoms with Crippen LogP contribution >= 0.6 is 0 Å². The predicted octanol–water partition coefficient (Wildman–Crippen LogP) is 2.54. The number of ether oxygens (including phenoxy) is 1. The fourth-order valence-corrected chi connectivity index (χ4v) is 1.83. The first kappa shape index (κ1) is 13.9. The van der Waals surface area contributed by atoms with Crippen LogP contribution in [0.2, 0.25) is 0 Å². The minimum atomic E-state index is -0.197. The summed E-state index contributed by atoms with van der Waals surface area (Å²) in [5, 5.41) is 2.84. The molecule has 20 heavy (non-hydrogen) atoms. The second kappa shape index (κ2) is 6.08. The minimum Gasteiger partial charge on any atom is -0.495 e. The van der Waals surface area contributed by atoms with Gasteiger partial charge in [0.15, 0.2) is 0 Å². The lowest BCUT2D eigenvalue weighted by molar-refractivity contribution is 0.102. The van der Waals surface area contributed by atoms with Gasteiger partial charge >= 0.3 is 0 Å². The quantitative estimate of drug-likeness (QED) is 0.590. The Morgan fingerprint density at radius 1 is 1.15 bits per heavy atom. The highest BCUT2D eigenvalue weighted by Crippen LogP contribution is 2.25. The number of aryl methyl sites for hydroxylation is 1. The number of nitrogens with two attached hydrogens (primary N) is 1. The van der Waals surface area contributed by atoms with Crippen molar-refractivity contribution in [2.75, 3.05) is 17.9 Å². The summed E-state index contributed by atoms with van der Waals surface area (Å²) in [6, 6.07) is 12.5. The number of methoxy groups -OCH3 is 1. The van der Waals surface area contributed by atoms with Crippen molar-refractivity contribution in [1.82, 2.24) is 0 Å². The Bertz CT molecular complexity index is 609. The maximum absolute atomic E-state index is 12.2. The van der Waals surface area contributed by atoms with Crippen LogP contribution in [0, 0.1) is 6.92 Å². The molecule has 0 saturated carbocycles. The summed E-state index contributed by atoms with van der Waals surface area (Å²) < 4.78 is 5.23. The van der Waals surface area contributed by atoms with E-state index in [2.05, 4.69) is 10.7 Å². The van der Waals surface area contributed by atoms with E-state index in [4.69, 9.17) is 10.6 Å². The summed E-state index contributed by atoms with van der Waals surface area (Å²) in [6.45, 7) is 1.96. The third kappa shape index (κ3) is 3.07. The van der Waals surface area contributed by atoms with Crippen LogP contribution in [0.5, 0.6) is 5.75 Å². The molecule has 4 N–H and O–H groups in total. The monoisotopic (exact) mass is 271 g/mol. The van der Waals surface area contributed by atoms with Gasteiger partial charge in [0.1, 0.15) is 5.75 Å². The molecule has 0 aliphatic heterocycles. The van der Waals surface area contributed by atoms with Crippen molar-refractivity contribution in [3.63, 3.8) is 0 Å². The first-order valence-corrected chi connectivity index (χ1v) is 6.16. The zero-order valence-electron chi connectivity index (χ0n) is 11.4. The van der Waals surface area contributed by atoms with E-state index in [9.17, 15) is 4.79 Å². The van der Waals surface area contributed by atoms with Crippen molar-refractivity contribution in [2.24, 2.45) is 5.84 Å². The molecule has 0 radical (unpaired) electrons. The van der Waals surface area contributed by atoms with Crippen molar-refractivity contribution < 1.29 is 9.53 Å². The van der Waals surface area contributed by atoms with Gasteiger partial charge in [0, 0.05) is 11.3 Å². The van der Waals surface area contributed by atoms with Gasteiger partial charge in [-0.15, -0.1) is 0 Å². The van der Waals surface area contributed by atoms with Crippen molar-refractivity contribution in [3.8, 4) is 5.75 Å². The maximum atomic E-state index is 12.2. The Morgan fingerprint density at radius 2 is 1.85 bits per heavy atom. The van der Waals surface area contributed by atoms with E-state index in [-0.39, 0.29) is 5.91 Å². The van der Waals surface area contributed by atoms with Crippen LogP contribution in [0.4, 0.5) is 11.4 Å². The third-order valence-corrected chi connectivity index (χ3v) is 2.92. The topological polar surface area (TPSA) is 76.4 Å². The molecule has 2 aromatic rings. The van der Waals surface area contributed by atoms with E-state index < -0.39 is 0 Å². The zero-order chi connectivity index (χ0) is 14.5. The molecule has 0 aromatic heterocycles. The number of nitrogens with one attached hydrogen (secondary N) is 2. The highest BCUT2D eigenvalue weighted by molar-refractivity contribution is 6.05. The molecule has 0 atom stereocenters. The fraction of sp³-hybridized carbons (Fsp3) is 0.133. The Morgan fingerprint density at radius 3 is 2.45 bits per heavy atom. The second-order valence-corrected chi connectivity index (χ2v) is 4.38. The summed E-state index contributed by atoms with van der Waals surface area (Å²) in [5.41, 5.74) is 5.51. The number of nitrogen functional groups attached to an aromatic ring is 1. The smallest absolute Gasteiger partial charge is 0.255 e. The molecule has 5 nitrogen and oxygen atoms in total. The maximum Gasteiger partial charge on any atom is 0.255 e. The summed E-state index contributed by atoms with van der Waals surface area (Å²) in [4.78, 5) is 12.2. The van der Waals surface area contributed by atoms with Crippen LogP contribution in [-0.2, 0) is 0 Å². The number of rotatable bonds is 4. The van der Waals surface area contributed by atoms with Gasteiger partial charge in [0.25, 0.3) is 5.91 Å².